The molecule has 1 aliphatic rings. The minimum absolute atomic E-state index is 0.104. The summed E-state index contributed by atoms with van der Waals surface area (Å²) in [4.78, 5) is 14.6. The van der Waals surface area contributed by atoms with Crippen molar-refractivity contribution in [3.63, 3.8) is 0 Å². The van der Waals surface area contributed by atoms with Crippen molar-refractivity contribution < 1.29 is 9.21 Å². The minimum atomic E-state index is 0.104. The zero-order valence-electron chi connectivity index (χ0n) is 13.7. The Morgan fingerprint density at radius 1 is 1.43 bits per heavy atom. The molecule has 1 fully saturated rings. The number of H-pyrrole nitrogens is 1. The monoisotopic (exact) mass is 317 g/mol. The maximum Gasteiger partial charge on any atom is 0.223 e. The van der Waals surface area contributed by atoms with E-state index < -0.39 is 0 Å². The van der Waals surface area contributed by atoms with E-state index in [-0.39, 0.29) is 17.9 Å². The molecule has 3 heterocycles. The Labute approximate surface area is 135 Å². The molecule has 1 N–H and O–H groups in total. The van der Waals surface area contributed by atoms with Crippen LogP contribution in [-0.4, -0.2) is 37.7 Å². The SMILES string of the molecule is CC(C)c1nnc(CCC(=O)N2CCCC[C@H]2c2ccn[nH]2)o1. The van der Waals surface area contributed by atoms with Crippen LogP contribution in [0.3, 0.4) is 0 Å². The van der Waals surface area contributed by atoms with Crippen LogP contribution in [0.2, 0.25) is 0 Å². The molecule has 1 amide bonds. The first kappa shape index (κ1) is 15.7. The lowest BCUT2D eigenvalue weighted by Gasteiger charge is -2.35. The number of aryl methyl sites for hydroxylation is 1. The average molecular weight is 317 g/mol. The fourth-order valence-electron chi connectivity index (χ4n) is 2.96. The number of hydrogen-bond donors (Lipinski definition) is 1. The second-order valence-corrected chi connectivity index (χ2v) is 6.30. The van der Waals surface area contributed by atoms with Crippen molar-refractivity contribution >= 4 is 5.91 Å². The highest BCUT2D eigenvalue weighted by atomic mass is 16.4. The molecule has 0 bridgehead atoms. The zero-order chi connectivity index (χ0) is 16.2. The van der Waals surface area contributed by atoms with E-state index in [0.717, 1.165) is 31.5 Å². The Morgan fingerprint density at radius 3 is 3.00 bits per heavy atom. The molecule has 1 saturated heterocycles. The van der Waals surface area contributed by atoms with Crippen LogP contribution in [-0.2, 0) is 11.2 Å². The number of carbonyl (C=O) groups excluding carboxylic acids is 1. The van der Waals surface area contributed by atoms with Gasteiger partial charge in [-0.15, -0.1) is 10.2 Å². The molecule has 0 aromatic carbocycles. The van der Waals surface area contributed by atoms with Crippen LogP contribution in [0.25, 0.3) is 0 Å². The standard InChI is InChI=1S/C16H23N5O2/c1-11(2)16-20-19-14(23-16)6-7-15(22)21-10-4-3-5-13(21)12-8-9-17-18-12/h8-9,11,13H,3-7,10H2,1-2H3,(H,17,18)/t13-/m0/s1. The van der Waals surface area contributed by atoms with E-state index in [1.807, 2.05) is 24.8 Å². The number of carbonyl (C=O) groups is 1. The van der Waals surface area contributed by atoms with E-state index in [1.165, 1.54) is 0 Å². The molecule has 1 atom stereocenters. The summed E-state index contributed by atoms with van der Waals surface area (Å²) in [5.74, 6) is 1.50. The van der Waals surface area contributed by atoms with Gasteiger partial charge in [0.2, 0.25) is 17.7 Å². The number of likely N-dealkylation sites (tertiary alicyclic amines) is 1. The summed E-state index contributed by atoms with van der Waals surface area (Å²) in [5.41, 5.74) is 1.01. The second kappa shape index (κ2) is 6.93. The number of aromatic amines is 1. The highest BCUT2D eigenvalue weighted by Crippen LogP contribution is 2.30. The van der Waals surface area contributed by atoms with Gasteiger partial charge >= 0.3 is 0 Å². The van der Waals surface area contributed by atoms with E-state index in [4.69, 9.17) is 4.42 Å². The first-order valence-electron chi connectivity index (χ1n) is 8.26. The van der Waals surface area contributed by atoms with E-state index in [0.29, 0.717) is 24.6 Å². The van der Waals surface area contributed by atoms with Crippen LogP contribution in [0.5, 0.6) is 0 Å². The summed E-state index contributed by atoms with van der Waals surface area (Å²) in [7, 11) is 0. The van der Waals surface area contributed by atoms with Gasteiger partial charge in [-0.3, -0.25) is 9.89 Å². The van der Waals surface area contributed by atoms with Gasteiger partial charge < -0.3 is 9.32 Å². The quantitative estimate of drug-likeness (QED) is 0.915. The van der Waals surface area contributed by atoms with Gasteiger partial charge in [0.25, 0.3) is 0 Å². The van der Waals surface area contributed by atoms with Crippen molar-refractivity contribution in [2.75, 3.05) is 6.54 Å². The van der Waals surface area contributed by atoms with Crippen molar-refractivity contribution in [1.29, 1.82) is 0 Å². The molecular weight excluding hydrogens is 294 g/mol. The van der Waals surface area contributed by atoms with Crippen molar-refractivity contribution in [3.8, 4) is 0 Å². The van der Waals surface area contributed by atoms with Gasteiger partial charge in [-0.25, -0.2) is 0 Å². The van der Waals surface area contributed by atoms with Gasteiger partial charge in [-0.05, 0) is 25.3 Å². The Balaban J connectivity index is 1.61. The van der Waals surface area contributed by atoms with Gasteiger partial charge in [-0.2, -0.15) is 5.10 Å². The number of hydrogen-bond acceptors (Lipinski definition) is 5. The highest BCUT2D eigenvalue weighted by molar-refractivity contribution is 5.77. The van der Waals surface area contributed by atoms with Crippen molar-refractivity contribution in [1.82, 2.24) is 25.3 Å². The van der Waals surface area contributed by atoms with Crippen molar-refractivity contribution in [2.45, 2.75) is 57.9 Å². The summed E-state index contributed by atoms with van der Waals surface area (Å²) in [6, 6.07) is 2.05. The Hall–Kier alpha value is -2.18. The van der Waals surface area contributed by atoms with Crippen LogP contribution in [0.1, 0.15) is 69.0 Å². The second-order valence-electron chi connectivity index (χ2n) is 6.30. The first-order chi connectivity index (χ1) is 11.1. The smallest absolute Gasteiger partial charge is 0.223 e. The molecule has 2 aromatic heterocycles. The van der Waals surface area contributed by atoms with Crippen LogP contribution in [0.15, 0.2) is 16.7 Å². The van der Waals surface area contributed by atoms with Crippen LogP contribution in [0, 0.1) is 0 Å². The van der Waals surface area contributed by atoms with Crippen LogP contribution >= 0.6 is 0 Å². The summed E-state index contributed by atoms with van der Waals surface area (Å²) >= 11 is 0. The number of nitrogens with zero attached hydrogens (tertiary/aromatic N) is 4. The van der Waals surface area contributed by atoms with Crippen LogP contribution < -0.4 is 0 Å². The molecule has 0 radical (unpaired) electrons. The van der Waals surface area contributed by atoms with E-state index >= 15 is 0 Å². The summed E-state index contributed by atoms with van der Waals surface area (Å²) in [5, 5.41) is 15.0. The molecule has 0 aliphatic carbocycles. The summed E-state index contributed by atoms with van der Waals surface area (Å²) < 4.78 is 5.57. The van der Waals surface area contributed by atoms with E-state index in [2.05, 4.69) is 20.4 Å². The molecule has 0 saturated carbocycles. The zero-order valence-corrected chi connectivity index (χ0v) is 13.7. The summed E-state index contributed by atoms with van der Waals surface area (Å²) in [6.07, 6.45) is 5.78. The third-order valence-electron chi connectivity index (χ3n) is 4.23. The summed E-state index contributed by atoms with van der Waals surface area (Å²) in [6.45, 7) is 4.81. The minimum Gasteiger partial charge on any atom is -0.425 e. The average Bonchev–Trinajstić information content (AvgIpc) is 3.24. The lowest BCUT2D eigenvalue weighted by molar-refractivity contribution is -0.135. The number of aromatic nitrogens is 4. The van der Waals surface area contributed by atoms with Gasteiger partial charge in [0.15, 0.2) is 0 Å². The Bertz CT molecular complexity index is 635. The fourth-order valence-corrected chi connectivity index (χ4v) is 2.96. The van der Waals surface area contributed by atoms with Gasteiger partial charge in [0.1, 0.15) is 0 Å². The Kier molecular flexibility index (Phi) is 4.73. The van der Waals surface area contributed by atoms with Crippen molar-refractivity contribution in [3.05, 3.63) is 29.7 Å². The van der Waals surface area contributed by atoms with Crippen LogP contribution in [0.4, 0.5) is 0 Å². The molecule has 7 nitrogen and oxygen atoms in total. The maximum absolute atomic E-state index is 12.6. The predicted molar refractivity (Wildman–Crippen MR) is 83.6 cm³/mol. The third-order valence-corrected chi connectivity index (χ3v) is 4.23. The third kappa shape index (κ3) is 3.60. The number of amides is 1. The largest absolute Gasteiger partial charge is 0.425 e. The van der Waals surface area contributed by atoms with Gasteiger partial charge in [0, 0.05) is 31.5 Å². The number of piperidine rings is 1. The molecule has 2 aromatic rings. The van der Waals surface area contributed by atoms with Gasteiger partial charge in [-0.1, -0.05) is 13.8 Å². The van der Waals surface area contributed by atoms with E-state index in [1.54, 1.807) is 6.20 Å². The molecular formula is C16H23N5O2. The highest BCUT2D eigenvalue weighted by Gasteiger charge is 2.28. The lowest BCUT2D eigenvalue weighted by atomic mass is 9.99. The molecule has 3 rings (SSSR count). The lowest BCUT2D eigenvalue weighted by Crippen LogP contribution is -2.38. The first-order valence-corrected chi connectivity index (χ1v) is 8.26. The predicted octanol–water partition coefficient (Wildman–Crippen LogP) is 2.60. The normalized spacial score (nSPS) is 18.6. The Morgan fingerprint density at radius 2 is 2.30 bits per heavy atom. The maximum atomic E-state index is 12.6. The molecule has 124 valence electrons. The molecule has 23 heavy (non-hydrogen) atoms. The fraction of sp³-hybridized carbons (Fsp3) is 0.625. The molecule has 7 heteroatoms. The number of nitrogens with one attached hydrogen (secondary N) is 1. The topological polar surface area (TPSA) is 87.9 Å². The number of rotatable bonds is 5. The van der Waals surface area contributed by atoms with E-state index in [9.17, 15) is 4.79 Å². The van der Waals surface area contributed by atoms with Crippen molar-refractivity contribution in [2.24, 2.45) is 0 Å². The molecule has 0 spiro atoms. The van der Waals surface area contributed by atoms with Gasteiger partial charge in [0.05, 0.1) is 11.7 Å². The molecule has 0 unspecified atom stereocenters. The molecule has 1 aliphatic heterocycles.